The van der Waals surface area contributed by atoms with Gasteiger partial charge in [-0.15, -0.1) is 12.4 Å². The summed E-state index contributed by atoms with van der Waals surface area (Å²) >= 11 is 5.85. The van der Waals surface area contributed by atoms with Crippen LogP contribution in [0.3, 0.4) is 0 Å². The van der Waals surface area contributed by atoms with Crippen molar-refractivity contribution in [1.29, 1.82) is 0 Å². The van der Waals surface area contributed by atoms with E-state index in [1.807, 2.05) is 18.2 Å². The first kappa shape index (κ1) is 24.6. The molecule has 1 saturated heterocycles. The highest BCUT2D eigenvalue weighted by Gasteiger charge is 2.20. The second kappa shape index (κ2) is 11.1. The van der Waals surface area contributed by atoms with Crippen LogP contribution in [0, 0.1) is 0 Å². The van der Waals surface area contributed by atoms with Gasteiger partial charge < -0.3 is 24.5 Å². The smallest absolute Gasteiger partial charge is 0.398 e. The minimum absolute atomic E-state index is 0. The lowest BCUT2D eigenvalue weighted by Crippen LogP contribution is -2.44. The molecule has 1 fully saturated rings. The Morgan fingerprint density at radius 1 is 1.00 bits per heavy atom. The van der Waals surface area contributed by atoms with Gasteiger partial charge in [-0.2, -0.15) is 0 Å². The number of hydrogen-bond donors (Lipinski definition) is 1. The summed E-state index contributed by atoms with van der Waals surface area (Å²) in [7, 11) is 2.13. The lowest BCUT2D eigenvalue weighted by atomic mass is 10.1. The van der Waals surface area contributed by atoms with Gasteiger partial charge in [-0.1, -0.05) is 23.7 Å². The van der Waals surface area contributed by atoms with Crippen molar-refractivity contribution in [2.24, 2.45) is 0 Å². The Labute approximate surface area is 192 Å². The van der Waals surface area contributed by atoms with Crippen molar-refractivity contribution in [3.05, 3.63) is 71.4 Å². The fourth-order valence-corrected chi connectivity index (χ4v) is 3.40. The topological polar surface area (TPSA) is 89.5 Å². The van der Waals surface area contributed by atoms with Gasteiger partial charge in [0.1, 0.15) is 5.76 Å². The monoisotopic (exact) mass is 465 g/mol. The third kappa shape index (κ3) is 5.92. The molecule has 3 aromatic rings. The zero-order chi connectivity index (χ0) is 20.2. The fourth-order valence-electron chi connectivity index (χ4n) is 3.27. The number of para-hydroxylation sites is 1. The number of hydrogen-bond acceptors (Lipinski definition) is 6. The van der Waals surface area contributed by atoms with Crippen molar-refractivity contribution in [3.8, 4) is 11.3 Å². The normalized spacial score (nSPS) is 13.7. The van der Waals surface area contributed by atoms with E-state index in [0.29, 0.717) is 16.5 Å². The zero-order valence-corrected chi connectivity index (χ0v) is 18.6. The van der Waals surface area contributed by atoms with Gasteiger partial charge in [0.15, 0.2) is 0 Å². The number of nitrogens with zero attached hydrogens (tertiary/aromatic N) is 2. The molecule has 0 bridgehead atoms. The number of anilines is 2. The van der Waals surface area contributed by atoms with Crippen LogP contribution in [0.2, 0.25) is 5.02 Å². The van der Waals surface area contributed by atoms with Gasteiger partial charge >= 0.3 is 5.97 Å². The van der Waals surface area contributed by atoms with Crippen molar-refractivity contribution < 1.29 is 19.5 Å². The molecule has 2 aromatic carbocycles. The molecule has 0 amide bonds. The van der Waals surface area contributed by atoms with Crippen molar-refractivity contribution in [1.82, 2.24) is 4.90 Å². The third-order valence-corrected chi connectivity index (χ3v) is 5.18. The van der Waals surface area contributed by atoms with Crippen molar-refractivity contribution in [3.63, 3.8) is 0 Å². The molecule has 4 rings (SSSR count). The van der Waals surface area contributed by atoms with Crippen LogP contribution in [-0.2, 0) is 4.84 Å². The SMILES string of the molecule is CN1CCN(c2ccccc2-c2ccc(C(=O)ONc3ccc(Cl)cc3)o2)CC1.Cl.O. The molecule has 1 aromatic heterocycles. The minimum Gasteiger partial charge on any atom is -0.449 e. The molecule has 0 unspecified atom stereocenters. The number of carbonyl (C=O) groups is 1. The van der Waals surface area contributed by atoms with Crippen molar-refractivity contribution in [2.75, 3.05) is 43.6 Å². The van der Waals surface area contributed by atoms with Crippen LogP contribution in [0.1, 0.15) is 10.6 Å². The number of carbonyl (C=O) groups excluding carboxylic acids is 1. The predicted octanol–water partition coefficient (Wildman–Crippen LogP) is 4.13. The maximum Gasteiger partial charge on any atom is 0.398 e. The molecule has 2 heterocycles. The summed E-state index contributed by atoms with van der Waals surface area (Å²) in [4.78, 5) is 22.1. The summed E-state index contributed by atoms with van der Waals surface area (Å²) < 4.78 is 5.82. The minimum atomic E-state index is -0.594. The van der Waals surface area contributed by atoms with E-state index in [-0.39, 0.29) is 23.6 Å². The molecule has 0 atom stereocenters. The molecular weight excluding hydrogens is 441 g/mol. The van der Waals surface area contributed by atoms with Crippen LogP contribution in [0.25, 0.3) is 11.3 Å². The molecule has 0 saturated carbocycles. The first-order chi connectivity index (χ1) is 14.1. The standard InChI is InChI=1S/C22H22ClN3O3.ClH.H2O/c1-25-12-14-26(15-13-25)19-5-3-2-4-18(19)20-10-11-21(28-20)22(27)29-24-17-8-6-16(23)7-9-17;;/h2-11,24H,12-15H2,1H3;1H;1H2. The first-order valence-corrected chi connectivity index (χ1v) is 9.83. The average molecular weight is 466 g/mol. The molecule has 9 heteroatoms. The Balaban J connectivity index is 0.00000171. The number of rotatable bonds is 5. The van der Waals surface area contributed by atoms with Gasteiger partial charge in [0, 0.05) is 42.5 Å². The molecule has 0 radical (unpaired) electrons. The van der Waals surface area contributed by atoms with Gasteiger partial charge in [0.05, 0.1) is 5.69 Å². The highest BCUT2D eigenvalue weighted by atomic mass is 35.5. The molecule has 166 valence electrons. The van der Waals surface area contributed by atoms with Gasteiger partial charge in [0.2, 0.25) is 5.76 Å². The van der Waals surface area contributed by atoms with Crippen LogP contribution in [0.4, 0.5) is 11.4 Å². The van der Waals surface area contributed by atoms with Crippen molar-refractivity contribution in [2.45, 2.75) is 0 Å². The van der Waals surface area contributed by atoms with Gasteiger partial charge in [-0.3, -0.25) is 0 Å². The molecule has 0 aliphatic carbocycles. The summed E-state index contributed by atoms with van der Waals surface area (Å²) in [6, 6.07) is 18.4. The number of nitrogens with one attached hydrogen (secondary N) is 1. The van der Waals surface area contributed by atoms with Crippen LogP contribution in [0.15, 0.2) is 65.1 Å². The maximum absolute atomic E-state index is 12.3. The molecule has 1 aliphatic heterocycles. The Morgan fingerprint density at radius 2 is 1.68 bits per heavy atom. The molecule has 7 nitrogen and oxygen atoms in total. The lowest BCUT2D eigenvalue weighted by Gasteiger charge is -2.34. The summed E-state index contributed by atoms with van der Waals surface area (Å²) in [5, 5.41) is 0.608. The van der Waals surface area contributed by atoms with Crippen LogP contribution in [0.5, 0.6) is 0 Å². The Morgan fingerprint density at radius 3 is 2.39 bits per heavy atom. The number of piperazine rings is 1. The Hall–Kier alpha value is -2.71. The van der Waals surface area contributed by atoms with E-state index in [2.05, 4.69) is 28.4 Å². The maximum atomic E-state index is 12.3. The molecule has 1 aliphatic rings. The number of furan rings is 1. The zero-order valence-electron chi connectivity index (χ0n) is 17.0. The number of benzene rings is 2. The second-order valence-corrected chi connectivity index (χ2v) is 7.41. The summed E-state index contributed by atoms with van der Waals surface area (Å²) in [6.07, 6.45) is 0. The predicted molar refractivity (Wildman–Crippen MR) is 125 cm³/mol. The van der Waals surface area contributed by atoms with Crippen LogP contribution < -0.4 is 10.4 Å². The lowest BCUT2D eigenvalue weighted by molar-refractivity contribution is 0.0562. The van der Waals surface area contributed by atoms with E-state index < -0.39 is 5.97 Å². The molecule has 3 N–H and O–H groups in total. The van der Waals surface area contributed by atoms with Gasteiger partial charge in [-0.05, 0) is 55.6 Å². The summed E-state index contributed by atoms with van der Waals surface area (Å²) in [5.74, 6) is 0.177. The van der Waals surface area contributed by atoms with E-state index in [4.69, 9.17) is 20.9 Å². The van der Waals surface area contributed by atoms with Crippen molar-refractivity contribution >= 4 is 41.4 Å². The highest BCUT2D eigenvalue weighted by molar-refractivity contribution is 6.30. The largest absolute Gasteiger partial charge is 0.449 e. The van der Waals surface area contributed by atoms with Crippen LogP contribution >= 0.6 is 24.0 Å². The quantitative estimate of drug-likeness (QED) is 0.569. The first-order valence-electron chi connectivity index (χ1n) is 9.45. The average Bonchev–Trinajstić information content (AvgIpc) is 3.24. The fraction of sp³-hybridized carbons (Fsp3) is 0.227. The van der Waals surface area contributed by atoms with E-state index in [1.54, 1.807) is 36.4 Å². The van der Waals surface area contributed by atoms with Gasteiger partial charge in [0.25, 0.3) is 0 Å². The summed E-state index contributed by atoms with van der Waals surface area (Å²) in [5.41, 5.74) is 5.29. The Bertz CT molecular complexity index is 986. The van der Waals surface area contributed by atoms with Crippen LogP contribution in [-0.4, -0.2) is 49.6 Å². The van der Waals surface area contributed by atoms with E-state index in [1.165, 1.54) is 0 Å². The molecule has 31 heavy (non-hydrogen) atoms. The Kier molecular flexibility index (Phi) is 8.76. The number of likely N-dealkylation sites (N-methyl/N-ethyl adjacent to an activating group) is 1. The highest BCUT2D eigenvalue weighted by Crippen LogP contribution is 2.32. The molecular formula is C22H25Cl2N3O4. The second-order valence-electron chi connectivity index (χ2n) is 6.97. The number of halogens is 2. The summed E-state index contributed by atoms with van der Waals surface area (Å²) in [6.45, 7) is 3.93. The van der Waals surface area contributed by atoms with E-state index in [9.17, 15) is 4.79 Å². The third-order valence-electron chi connectivity index (χ3n) is 4.93. The van der Waals surface area contributed by atoms with E-state index >= 15 is 0 Å². The molecule has 0 spiro atoms. The van der Waals surface area contributed by atoms with Gasteiger partial charge in [-0.25, -0.2) is 10.3 Å². The van der Waals surface area contributed by atoms with E-state index in [0.717, 1.165) is 37.4 Å².